The number of ketones is 1. The topological polar surface area (TPSA) is 65.0 Å². The highest BCUT2D eigenvalue weighted by Crippen LogP contribution is 2.55. The summed E-state index contributed by atoms with van der Waals surface area (Å²) in [7, 11) is -1.99. The van der Waals surface area contributed by atoms with Gasteiger partial charge in [-0.2, -0.15) is 0 Å². The van der Waals surface area contributed by atoms with Crippen LogP contribution < -0.4 is 0 Å². The zero-order valence-electron chi connectivity index (χ0n) is 20.0. The van der Waals surface area contributed by atoms with Gasteiger partial charge in [-0.05, 0) is 62.4 Å². The molecule has 2 aliphatic carbocycles. The number of ether oxygens (including phenoxy) is 2. The second-order valence-corrected chi connectivity index (χ2v) is 16.0. The minimum atomic E-state index is -1.99. The summed E-state index contributed by atoms with van der Waals surface area (Å²) >= 11 is 0. The van der Waals surface area contributed by atoms with Crippen molar-refractivity contribution in [3.05, 3.63) is 23.5 Å². The third-order valence-corrected chi connectivity index (χ3v) is 12.5. The second-order valence-electron chi connectivity index (χ2n) is 11.3. The summed E-state index contributed by atoms with van der Waals surface area (Å²) < 4.78 is 18.3. The maximum absolute atomic E-state index is 12.6. The summed E-state index contributed by atoms with van der Waals surface area (Å²) in [6.45, 7) is 18.5. The molecule has 0 amide bonds. The van der Waals surface area contributed by atoms with Crippen molar-refractivity contribution < 1.29 is 23.8 Å². The second kappa shape index (κ2) is 7.87. The molecule has 4 atom stereocenters. The molecule has 1 aliphatic heterocycles. The van der Waals surface area contributed by atoms with Crippen LogP contribution in [0.2, 0.25) is 18.1 Å². The summed E-state index contributed by atoms with van der Waals surface area (Å²) in [5.74, 6) is 0.327. The Balaban J connectivity index is 1.94. The Morgan fingerprint density at radius 1 is 1.23 bits per heavy atom. The molecule has 0 aromatic carbocycles. The lowest BCUT2D eigenvalue weighted by molar-refractivity contribution is -0.155. The van der Waals surface area contributed by atoms with Gasteiger partial charge in [0.25, 0.3) is 0 Å². The molecule has 30 heavy (non-hydrogen) atoms. The number of aliphatic hydroxyl groups is 1. The first kappa shape index (κ1) is 23.7. The molecular formula is C24H40O5Si. The van der Waals surface area contributed by atoms with Crippen LogP contribution in [0.5, 0.6) is 0 Å². The highest BCUT2D eigenvalue weighted by atomic mass is 28.4. The van der Waals surface area contributed by atoms with Crippen LogP contribution in [0.3, 0.4) is 0 Å². The van der Waals surface area contributed by atoms with Gasteiger partial charge in [0.1, 0.15) is 6.10 Å². The van der Waals surface area contributed by atoms with E-state index in [4.69, 9.17) is 13.9 Å². The Morgan fingerprint density at radius 3 is 2.40 bits per heavy atom. The van der Waals surface area contributed by atoms with E-state index in [1.807, 2.05) is 13.8 Å². The van der Waals surface area contributed by atoms with Crippen molar-refractivity contribution in [2.24, 2.45) is 17.3 Å². The number of hydrogen-bond donors (Lipinski definition) is 1. The lowest BCUT2D eigenvalue weighted by Gasteiger charge is -2.52. The van der Waals surface area contributed by atoms with Gasteiger partial charge in [-0.3, -0.25) is 4.79 Å². The lowest BCUT2D eigenvalue weighted by atomic mass is 9.54. The number of fused-ring (bicyclic) bond motifs is 1. The van der Waals surface area contributed by atoms with Gasteiger partial charge in [-0.15, -0.1) is 0 Å². The average Bonchev–Trinajstić information content (AvgIpc) is 3.05. The zero-order valence-corrected chi connectivity index (χ0v) is 21.0. The maximum Gasteiger partial charge on any atom is 0.250 e. The molecule has 0 saturated carbocycles. The third-order valence-electron chi connectivity index (χ3n) is 8.12. The Kier molecular flexibility index (Phi) is 6.22. The summed E-state index contributed by atoms with van der Waals surface area (Å²) in [5, 5.41) is 11.1. The smallest absolute Gasteiger partial charge is 0.250 e. The van der Waals surface area contributed by atoms with Crippen LogP contribution in [0, 0.1) is 17.3 Å². The first-order valence-electron chi connectivity index (χ1n) is 11.3. The van der Waals surface area contributed by atoms with E-state index < -0.39 is 25.6 Å². The molecule has 6 heteroatoms. The van der Waals surface area contributed by atoms with Gasteiger partial charge >= 0.3 is 0 Å². The largest absolute Gasteiger partial charge is 0.547 e. The van der Waals surface area contributed by atoms with Crippen LogP contribution in [0.1, 0.15) is 60.8 Å². The molecule has 1 fully saturated rings. The van der Waals surface area contributed by atoms with Crippen molar-refractivity contribution in [2.75, 3.05) is 13.2 Å². The van der Waals surface area contributed by atoms with Crippen molar-refractivity contribution in [1.82, 2.24) is 0 Å². The lowest BCUT2D eigenvalue weighted by Crippen LogP contribution is -2.54. The van der Waals surface area contributed by atoms with Crippen LogP contribution in [-0.4, -0.2) is 44.3 Å². The highest BCUT2D eigenvalue weighted by molar-refractivity contribution is 6.74. The third kappa shape index (κ3) is 4.21. The van der Waals surface area contributed by atoms with Gasteiger partial charge < -0.3 is 19.0 Å². The molecule has 0 spiro atoms. The molecule has 5 nitrogen and oxygen atoms in total. The number of rotatable bonds is 5. The number of hydrogen-bond acceptors (Lipinski definition) is 5. The van der Waals surface area contributed by atoms with E-state index in [0.29, 0.717) is 19.6 Å². The minimum Gasteiger partial charge on any atom is -0.547 e. The van der Waals surface area contributed by atoms with E-state index in [9.17, 15) is 9.90 Å². The summed E-state index contributed by atoms with van der Waals surface area (Å²) in [6.07, 6.45) is 5.05. The Bertz CT molecular complexity index is 741. The molecule has 0 aromatic heterocycles. The molecule has 0 aromatic rings. The van der Waals surface area contributed by atoms with Gasteiger partial charge in [0, 0.05) is 18.3 Å². The van der Waals surface area contributed by atoms with Crippen molar-refractivity contribution in [3.8, 4) is 0 Å². The number of allylic oxidation sites excluding steroid dienone is 3. The highest BCUT2D eigenvalue weighted by Gasteiger charge is 2.54. The van der Waals surface area contributed by atoms with Gasteiger partial charge in [-0.1, -0.05) is 33.3 Å². The van der Waals surface area contributed by atoms with Crippen LogP contribution in [-0.2, 0) is 18.7 Å². The van der Waals surface area contributed by atoms with E-state index in [1.165, 1.54) is 0 Å². The Morgan fingerprint density at radius 2 is 1.83 bits per heavy atom. The van der Waals surface area contributed by atoms with Crippen LogP contribution in [0.15, 0.2) is 23.5 Å². The van der Waals surface area contributed by atoms with E-state index >= 15 is 0 Å². The van der Waals surface area contributed by atoms with Crippen molar-refractivity contribution >= 4 is 14.1 Å². The van der Waals surface area contributed by atoms with E-state index in [0.717, 1.165) is 24.2 Å². The SMILES string of the molecule is CC1=CC(=O)[C@H](O)[C@]2(C)[C@H](CCC3(C)OCCO3)C=C(O[Si](C)(C)C(C)(C)C)C[C@@H]12. The molecule has 1 heterocycles. The number of carbonyl (C=O) groups is 1. The zero-order chi connectivity index (χ0) is 22.5. The fourth-order valence-corrected chi connectivity index (χ4v) is 6.09. The van der Waals surface area contributed by atoms with Gasteiger partial charge in [-0.25, -0.2) is 0 Å². The Labute approximate surface area is 183 Å². The van der Waals surface area contributed by atoms with Crippen LogP contribution in [0.4, 0.5) is 0 Å². The molecule has 0 bridgehead atoms. The normalized spacial score (nSPS) is 34.3. The molecule has 0 unspecified atom stereocenters. The van der Waals surface area contributed by atoms with Crippen molar-refractivity contribution in [3.63, 3.8) is 0 Å². The van der Waals surface area contributed by atoms with E-state index in [1.54, 1.807) is 6.08 Å². The summed E-state index contributed by atoms with van der Waals surface area (Å²) in [5.41, 5.74) is 0.493. The monoisotopic (exact) mass is 436 g/mol. The number of carbonyl (C=O) groups excluding carboxylic acids is 1. The van der Waals surface area contributed by atoms with Crippen LogP contribution in [0.25, 0.3) is 0 Å². The predicted octanol–water partition coefficient (Wildman–Crippen LogP) is 4.97. The maximum atomic E-state index is 12.6. The average molecular weight is 437 g/mol. The molecule has 170 valence electrons. The van der Waals surface area contributed by atoms with Gasteiger partial charge in [0.2, 0.25) is 8.32 Å². The fourth-order valence-electron chi connectivity index (χ4n) is 4.98. The standard InChI is InChI=1S/C24H40O5Si/c1-16-13-20(25)21(26)24(6)17(9-10-23(5)27-11-12-28-23)14-18(15-19(16)24)29-30(7,8)22(2,3)4/h13-14,17,19,21,26H,9-12,15H2,1-8H3/t17-,19+,21+,24-/m1/s1. The molecular weight excluding hydrogens is 396 g/mol. The van der Waals surface area contributed by atoms with Gasteiger partial charge in [0.05, 0.1) is 19.0 Å². The van der Waals surface area contributed by atoms with Crippen molar-refractivity contribution in [2.45, 2.75) is 90.8 Å². The van der Waals surface area contributed by atoms with E-state index in [2.05, 4.69) is 46.9 Å². The molecule has 3 aliphatic rings. The molecule has 0 radical (unpaired) electrons. The predicted molar refractivity (Wildman–Crippen MR) is 120 cm³/mol. The fraction of sp³-hybridized carbons (Fsp3) is 0.792. The quantitative estimate of drug-likeness (QED) is 0.617. The first-order chi connectivity index (χ1) is 13.7. The first-order valence-corrected chi connectivity index (χ1v) is 14.2. The summed E-state index contributed by atoms with van der Waals surface area (Å²) in [6, 6.07) is 0. The van der Waals surface area contributed by atoms with Crippen molar-refractivity contribution in [1.29, 1.82) is 0 Å². The van der Waals surface area contributed by atoms with Gasteiger partial charge in [0.15, 0.2) is 11.6 Å². The molecule has 1 saturated heterocycles. The Hall–Kier alpha value is -0.953. The molecule has 3 rings (SSSR count). The van der Waals surface area contributed by atoms with Crippen LogP contribution >= 0.6 is 0 Å². The van der Waals surface area contributed by atoms with E-state index in [-0.39, 0.29) is 22.7 Å². The number of aliphatic hydroxyl groups excluding tert-OH is 1. The molecule has 1 N–H and O–H groups in total. The minimum absolute atomic E-state index is 0.00300. The summed E-state index contributed by atoms with van der Waals surface area (Å²) in [4.78, 5) is 12.6.